The van der Waals surface area contributed by atoms with Crippen LogP contribution in [0.1, 0.15) is 57.8 Å². The minimum atomic E-state index is -0.457. The number of aromatic nitrogens is 1. The molecule has 1 aliphatic carbocycles. The Morgan fingerprint density at radius 1 is 1.00 bits per heavy atom. The van der Waals surface area contributed by atoms with Crippen LogP contribution < -0.4 is 5.32 Å². The minimum Gasteiger partial charge on any atom is -0.452 e. The molecule has 0 atom stereocenters. The molecule has 4 rings (SSSR count). The Bertz CT molecular complexity index is 998. The highest BCUT2D eigenvalue weighted by molar-refractivity contribution is 5.93. The molecular formula is C25H26N2O3. The van der Waals surface area contributed by atoms with Gasteiger partial charge in [-0.25, -0.2) is 4.79 Å². The topological polar surface area (TPSA) is 60.3 Å². The van der Waals surface area contributed by atoms with E-state index in [2.05, 4.69) is 9.88 Å². The van der Waals surface area contributed by atoms with Gasteiger partial charge in [0, 0.05) is 17.4 Å². The van der Waals surface area contributed by atoms with Gasteiger partial charge in [0.05, 0.1) is 11.6 Å². The van der Waals surface area contributed by atoms with E-state index < -0.39 is 5.97 Å². The van der Waals surface area contributed by atoms with Gasteiger partial charge in [-0.1, -0.05) is 60.7 Å². The van der Waals surface area contributed by atoms with Gasteiger partial charge in [0.25, 0.3) is 5.91 Å². The standard InChI is InChI=1S/C25H26N2O3/c1-17-15-22(18(2)27(17)21-13-14-21)25(29)30-16-23(28)26-24(19-9-5-3-6-10-19)20-11-7-4-8-12-20/h3-12,15,21,24H,13-14,16H2,1-2H3,(H,26,28). The smallest absolute Gasteiger partial charge is 0.340 e. The van der Waals surface area contributed by atoms with Crippen molar-refractivity contribution in [1.29, 1.82) is 0 Å². The number of hydrogen-bond donors (Lipinski definition) is 1. The van der Waals surface area contributed by atoms with Crippen molar-refractivity contribution in [3.05, 3.63) is 94.8 Å². The average Bonchev–Trinajstić information content (AvgIpc) is 3.55. The van der Waals surface area contributed by atoms with Gasteiger partial charge in [-0.15, -0.1) is 0 Å². The Morgan fingerprint density at radius 3 is 2.10 bits per heavy atom. The second-order valence-electron chi connectivity index (χ2n) is 7.78. The molecule has 3 aromatic rings. The fourth-order valence-electron chi connectivity index (χ4n) is 3.94. The summed E-state index contributed by atoms with van der Waals surface area (Å²) >= 11 is 0. The van der Waals surface area contributed by atoms with Crippen molar-refractivity contribution >= 4 is 11.9 Å². The van der Waals surface area contributed by atoms with Crippen molar-refractivity contribution in [2.45, 2.75) is 38.8 Å². The van der Waals surface area contributed by atoms with Crippen LogP contribution in [-0.4, -0.2) is 23.1 Å². The second kappa shape index (κ2) is 8.57. The number of benzene rings is 2. The number of rotatable bonds is 7. The molecule has 1 fully saturated rings. The third-order valence-corrected chi connectivity index (χ3v) is 5.52. The lowest BCUT2D eigenvalue weighted by Crippen LogP contribution is -2.33. The Kier molecular flexibility index (Phi) is 5.70. The highest BCUT2D eigenvalue weighted by Crippen LogP contribution is 2.38. The van der Waals surface area contributed by atoms with Crippen molar-refractivity contribution in [3.63, 3.8) is 0 Å². The summed E-state index contributed by atoms with van der Waals surface area (Å²) in [5.74, 6) is -0.793. The zero-order valence-electron chi connectivity index (χ0n) is 17.3. The lowest BCUT2D eigenvalue weighted by atomic mass is 9.99. The van der Waals surface area contributed by atoms with E-state index in [9.17, 15) is 9.59 Å². The molecule has 0 unspecified atom stereocenters. The Labute approximate surface area is 176 Å². The Hall–Kier alpha value is -3.34. The zero-order valence-corrected chi connectivity index (χ0v) is 17.3. The zero-order chi connectivity index (χ0) is 21.1. The summed E-state index contributed by atoms with van der Waals surface area (Å²) in [5, 5.41) is 2.99. The molecule has 2 aromatic carbocycles. The summed E-state index contributed by atoms with van der Waals surface area (Å²) in [7, 11) is 0. The summed E-state index contributed by atoms with van der Waals surface area (Å²) in [4.78, 5) is 25.2. The minimum absolute atomic E-state index is 0.307. The highest BCUT2D eigenvalue weighted by atomic mass is 16.5. The van der Waals surface area contributed by atoms with Crippen molar-refractivity contribution in [2.24, 2.45) is 0 Å². The molecule has 0 bridgehead atoms. The number of aryl methyl sites for hydroxylation is 1. The SMILES string of the molecule is Cc1cc(C(=O)OCC(=O)NC(c2ccccc2)c2ccccc2)c(C)n1C1CC1. The number of nitrogens with zero attached hydrogens (tertiary/aromatic N) is 1. The highest BCUT2D eigenvalue weighted by Gasteiger charge is 2.29. The van der Waals surface area contributed by atoms with Crippen LogP contribution in [0.4, 0.5) is 0 Å². The first kappa shape index (κ1) is 20.0. The molecule has 0 aliphatic heterocycles. The summed E-state index contributed by atoms with van der Waals surface area (Å²) in [6, 6.07) is 21.5. The molecule has 1 heterocycles. The molecule has 30 heavy (non-hydrogen) atoms. The predicted molar refractivity (Wildman–Crippen MR) is 115 cm³/mol. The lowest BCUT2D eigenvalue weighted by molar-refractivity contribution is -0.124. The Balaban J connectivity index is 1.43. The first-order valence-electron chi connectivity index (χ1n) is 10.3. The van der Waals surface area contributed by atoms with E-state index in [0.29, 0.717) is 11.6 Å². The molecule has 1 N–H and O–H groups in total. The molecule has 5 heteroatoms. The summed E-state index contributed by atoms with van der Waals surface area (Å²) < 4.78 is 7.54. The van der Waals surface area contributed by atoms with Crippen molar-refractivity contribution in [2.75, 3.05) is 6.61 Å². The number of ether oxygens (including phenoxy) is 1. The van der Waals surface area contributed by atoms with Crippen LogP contribution >= 0.6 is 0 Å². The molecule has 5 nitrogen and oxygen atoms in total. The van der Waals surface area contributed by atoms with E-state index in [1.807, 2.05) is 80.6 Å². The summed E-state index contributed by atoms with van der Waals surface area (Å²) in [6.45, 7) is 3.62. The molecule has 1 amide bonds. The van der Waals surface area contributed by atoms with Crippen molar-refractivity contribution < 1.29 is 14.3 Å². The summed E-state index contributed by atoms with van der Waals surface area (Å²) in [6.07, 6.45) is 2.29. The Morgan fingerprint density at radius 2 is 1.57 bits per heavy atom. The maximum atomic E-state index is 12.6. The number of carbonyl (C=O) groups excluding carboxylic acids is 2. The molecule has 0 radical (unpaired) electrons. The molecule has 0 spiro atoms. The normalized spacial score (nSPS) is 13.3. The van der Waals surface area contributed by atoms with Crippen LogP contribution in [0, 0.1) is 13.8 Å². The van der Waals surface area contributed by atoms with Crippen molar-refractivity contribution in [3.8, 4) is 0 Å². The third-order valence-electron chi connectivity index (χ3n) is 5.52. The summed E-state index contributed by atoms with van der Waals surface area (Å²) in [5.41, 5.74) is 4.44. The largest absolute Gasteiger partial charge is 0.452 e. The molecule has 1 aromatic heterocycles. The van der Waals surface area contributed by atoms with E-state index >= 15 is 0 Å². The molecular weight excluding hydrogens is 376 g/mol. The van der Waals surface area contributed by atoms with Gasteiger partial charge in [-0.2, -0.15) is 0 Å². The van der Waals surface area contributed by atoms with Gasteiger partial charge < -0.3 is 14.6 Å². The number of esters is 1. The lowest BCUT2D eigenvalue weighted by Gasteiger charge is -2.20. The van der Waals surface area contributed by atoms with Gasteiger partial charge in [0.1, 0.15) is 0 Å². The van der Waals surface area contributed by atoms with Crippen LogP contribution in [0.3, 0.4) is 0 Å². The van der Waals surface area contributed by atoms with Gasteiger partial charge >= 0.3 is 5.97 Å². The second-order valence-corrected chi connectivity index (χ2v) is 7.78. The number of amides is 1. The number of nitrogens with one attached hydrogen (secondary N) is 1. The van der Waals surface area contributed by atoms with Crippen LogP contribution in [0.15, 0.2) is 66.7 Å². The van der Waals surface area contributed by atoms with Gasteiger partial charge in [-0.3, -0.25) is 4.79 Å². The molecule has 1 saturated carbocycles. The number of carbonyl (C=O) groups is 2. The van der Waals surface area contributed by atoms with Crippen LogP contribution in [0.25, 0.3) is 0 Å². The van der Waals surface area contributed by atoms with Gasteiger partial charge in [0.15, 0.2) is 6.61 Å². The third kappa shape index (κ3) is 4.30. The maximum Gasteiger partial charge on any atom is 0.340 e. The van der Waals surface area contributed by atoms with Crippen LogP contribution in [-0.2, 0) is 9.53 Å². The van der Waals surface area contributed by atoms with Crippen LogP contribution in [0.5, 0.6) is 0 Å². The van der Waals surface area contributed by atoms with Gasteiger partial charge in [0.2, 0.25) is 0 Å². The number of hydrogen-bond acceptors (Lipinski definition) is 3. The van der Waals surface area contributed by atoms with Crippen molar-refractivity contribution in [1.82, 2.24) is 9.88 Å². The van der Waals surface area contributed by atoms with Crippen LogP contribution in [0.2, 0.25) is 0 Å². The average molecular weight is 402 g/mol. The van der Waals surface area contributed by atoms with Gasteiger partial charge in [-0.05, 0) is 43.9 Å². The predicted octanol–water partition coefficient (Wildman–Crippen LogP) is 4.50. The molecule has 1 aliphatic rings. The molecule has 154 valence electrons. The first-order valence-corrected chi connectivity index (χ1v) is 10.3. The maximum absolute atomic E-state index is 12.6. The van der Waals surface area contributed by atoms with E-state index in [1.165, 1.54) is 0 Å². The van der Waals surface area contributed by atoms with E-state index in [0.717, 1.165) is 35.4 Å². The molecule has 0 saturated heterocycles. The van der Waals surface area contributed by atoms with E-state index in [1.54, 1.807) is 0 Å². The van der Waals surface area contributed by atoms with E-state index in [4.69, 9.17) is 4.74 Å². The van der Waals surface area contributed by atoms with E-state index in [-0.39, 0.29) is 18.6 Å². The first-order chi connectivity index (χ1) is 14.5. The quantitative estimate of drug-likeness (QED) is 0.592. The fourth-order valence-corrected chi connectivity index (χ4v) is 3.94. The monoisotopic (exact) mass is 402 g/mol. The fraction of sp³-hybridized carbons (Fsp3) is 0.280.